The van der Waals surface area contributed by atoms with Crippen LogP contribution in [0.3, 0.4) is 0 Å². The smallest absolute Gasteiger partial charge is 0.197 e. The Morgan fingerprint density at radius 2 is 1.33 bits per heavy atom. The molecule has 9 nitrogen and oxygen atoms in total. The van der Waals surface area contributed by atoms with Gasteiger partial charge in [0, 0.05) is 0 Å². The van der Waals surface area contributed by atoms with Crippen LogP contribution in [0.25, 0.3) is 0 Å². The van der Waals surface area contributed by atoms with Gasteiger partial charge in [-0.2, -0.15) is 0 Å². The molecule has 0 saturated heterocycles. The van der Waals surface area contributed by atoms with Crippen LogP contribution < -0.4 is 0 Å². The summed E-state index contributed by atoms with van der Waals surface area (Å²) in [5.41, 5.74) is 0. The van der Waals surface area contributed by atoms with E-state index < -0.39 is 49.0 Å². The standard InChI is InChI=1S/C9H20O9/c1-8(15,16)3-9(17,18)7(14)6(13)5(12)4(11)2-10/h4-7,10-18H,2-3H2,1H3/t4-,5-,6+,7-/m1/s1. The van der Waals surface area contributed by atoms with Crippen molar-refractivity contribution in [3.8, 4) is 0 Å². The van der Waals surface area contributed by atoms with E-state index >= 15 is 0 Å². The van der Waals surface area contributed by atoms with Gasteiger partial charge in [0.25, 0.3) is 0 Å². The summed E-state index contributed by atoms with van der Waals surface area (Å²) in [6, 6.07) is 0. The fourth-order valence-corrected chi connectivity index (χ4v) is 1.39. The highest BCUT2D eigenvalue weighted by Crippen LogP contribution is 2.23. The summed E-state index contributed by atoms with van der Waals surface area (Å²) in [6.07, 6.45) is -9.61. The molecule has 0 aromatic carbocycles. The zero-order valence-corrected chi connectivity index (χ0v) is 9.75. The SMILES string of the molecule is CC(O)(O)CC(O)(O)[C@H](O)[C@@H](O)[C@H](O)[C@H](O)CO. The third kappa shape index (κ3) is 5.10. The average molecular weight is 272 g/mol. The molecule has 0 aromatic heterocycles. The van der Waals surface area contributed by atoms with Gasteiger partial charge in [-0.3, -0.25) is 0 Å². The first kappa shape index (κ1) is 17.6. The van der Waals surface area contributed by atoms with Gasteiger partial charge in [0.15, 0.2) is 11.6 Å². The summed E-state index contributed by atoms with van der Waals surface area (Å²) >= 11 is 0. The monoisotopic (exact) mass is 272 g/mol. The molecule has 0 aliphatic carbocycles. The maximum Gasteiger partial charge on any atom is 0.197 e. The Bertz CT molecular complexity index is 249. The van der Waals surface area contributed by atoms with E-state index in [0.29, 0.717) is 0 Å². The molecule has 4 atom stereocenters. The Labute approximate surface area is 103 Å². The predicted molar refractivity (Wildman–Crippen MR) is 55.7 cm³/mol. The van der Waals surface area contributed by atoms with E-state index in [2.05, 4.69) is 0 Å². The van der Waals surface area contributed by atoms with E-state index in [4.69, 9.17) is 20.4 Å². The quantitative estimate of drug-likeness (QED) is 0.205. The molecule has 0 radical (unpaired) electrons. The van der Waals surface area contributed by atoms with E-state index in [1.165, 1.54) is 0 Å². The Kier molecular flexibility index (Phi) is 6.07. The molecule has 0 saturated carbocycles. The summed E-state index contributed by atoms with van der Waals surface area (Å²) in [5, 5.41) is 82.2. The second kappa shape index (κ2) is 6.19. The van der Waals surface area contributed by atoms with Gasteiger partial charge in [-0.1, -0.05) is 0 Å². The highest BCUT2D eigenvalue weighted by molar-refractivity contribution is 4.89. The van der Waals surface area contributed by atoms with Crippen LogP contribution in [-0.2, 0) is 0 Å². The Hall–Kier alpha value is -0.360. The van der Waals surface area contributed by atoms with Gasteiger partial charge < -0.3 is 46.0 Å². The van der Waals surface area contributed by atoms with Crippen molar-refractivity contribution in [2.75, 3.05) is 6.61 Å². The second-order valence-electron chi connectivity index (χ2n) is 4.45. The molecular formula is C9H20O9. The van der Waals surface area contributed by atoms with Gasteiger partial charge >= 0.3 is 0 Å². The number of hydrogen-bond donors (Lipinski definition) is 9. The van der Waals surface area contributed by atoms with Crippen LogP contribution in [0.5, 0.6) is 0 Å². The van der Waals surface area contributed by atoms with Crippen molar-refractivity contribution in [3.63, 3.8) is 0 Å². The number of hydrogen-bond acceptors (Lipinski definition) is 9. The van der Waals surface area contributed by atoms with E-state index in [9.17, 15) is 25.5 Å². The fraction of sp³-hybridized carbons (Fsp3) is 1.00. The van der Waals surface area contributed by atoms with E-state index in [1.54, 1.807) is 0 Å². The van der Waals surface area contributed by atoms with Crippen molar-refractivity contribution in [1.29, 1.82) is 0 Å². The number of aliphatic hydroxyl groups is 9. The van der Waals surface area contributed by atoms with Gasteiger partial charge in [0.2, 0.25) is 0 Å². The maximum absolute atomic E-state index is 9.40. The van der Waals surface area contributed by atoms with Crippen LogP contribution in [0.4, 0.5) is 0 Å². The Balaban J connectivity index is 4.76. The fourth-order valence-electron chi connectivity index (χ4n) is 1.39. The lowest BCUT2D eigenvalue weighted by molar-refractivity contribution is -0.302. The highest BCUT2D eigenvalue weighted by Gasteiger charge is 2.45. The molecule has 0 aliphatic rings. The summed E-state index contributed by atoms with van der Waals surface area (Å²) in [5.74, 6) is -5.65. The molecule has 0 rings (SSSR count). The number of aliphatic hydroxyl groups excluding tert-OH is 5. The molecular weight excluding hydrogens is 252 g/mol. The topological polar surface area (TPSA) is 182 Å². The molecule has 9 N–H and O–H groups in total. The Morgan fingerprint density at radius 1 is 0.889 bits per heavy atom. The third-order valence-corrected chi connectivity index (χ3v) is 2.32. The Morgan fingerprint density at radius 3 is 1.67 bits per heavy atom. The largest absolute Gasteiger partial charge is 0.394 e. The van der Waals surface area contributed by atoms with Gasteiger partial charge in [0.1, 0.15) is 24.4 Å². The molecule has 0 fully saturated rings. The summed E-state index contributed by atoms with van der Waals surface area (Å²) < 4.78 is 0. The van der Waals surface area contributed by atoms with Gasteiger partial charge in [-0.25, -0.2) is 0 Å². The minimum Gasteiger partial charge on any atom is -0.394 e. The second-order valence-corrected chi connectivity index (χ2v) is 4.45. The van der Waals surface area contributed by atoms with Crippen molar-refractivity contribution in [2.24, 2.45) is 0 Å². The molecule has 9 heteroatoms. The van der Waals surface area contributed by atoms with Crippen LogP contribution in [0.2, 0.25) is 0 Å². The normalized spacial score (nSPS) is 20.3. The lowest BCUT2D eigenvalue weighted by Gasteiger charge is -2.36. The molecule has 0 spiro atoms. The molecule has 0 aliphatic heterocycles. The lowest BCUT2D eigenvalue weighted by Crippen LogP contribution is -2.58. The number of rotatable bonds is 7. The lowest BCUT2D eigenvalue weighted by atomic mass is 9.93. The highest BCUT2D eigenvalue weighted by atomic mass is 16.5. The van der Waals surface area contributed by atoms with Crippen LogP contribution in [0, 0.1) is 0 Å². The molecule has 0 amide bonds. The predicted octanol–water partition coefficient (Wildman–Crippen LogP) is -4.81. The van der Waals surface area contributed by atoms with Crippen molar-refractivity contribution < 1.29 is 46.0 Å². The van der Waals surface area contributed by atoms with Gasteiger partial charge in [-0.15, -0.1) is 0 Å². The molecule has 0 heterocycles. The zero-order chi connectivity index (χ0) is 14.7. The minimum atomic E-state index is -3.12. The molecule has 110 valence electrons. The van der Waals surface area contributed by atoms with E-state index in [1.807, 2.05) is 0 Å². The average Bonchev–Trinajstić information content (AvgIpc) is 2.21. The maximum atomic E-state index is 9.40. The zero-order valence-electron chi connectivity index (χ0n) is 9.75. The van der Waals surface area contributed by atoms with E-state index in [0.717, 1.165) is 6.92 Å². The van der Waals surface area contributed by atoms with Gasteiger partial charge in [-0.05, 0) is 6.92 Å². The summed E-state index contributed by atoms with van der Waals surface area (Å²) in [7, 11) is 0. The molecule has 0 aromatic rings. The molecule has 18 heavy (non-hydrogen) atoms. The van der Waals surface area contributed by atoms with Crippen LogP contribution in [0.15, 0.2) is 0 Å². The summed E-state index contributed by atoms with van der Waals surface area (Å²) in [4.78, 5) is 0. The molecule has 0 unspecified atom stereocenters. The first-order valence-electron chi connectivity index (χ1n) is 5.15. The van der Waals surface area contributed by atoms with Crippen LogP contribution in [-0.4, -0.2) is 88.6 Å². The van der Waals surface area contributed by atoms with Gasteiger partial charge in [0.05, 0.1) is 13.0 Å². The van der Waals surface area contributed by atoms with Crippen LogP contribution in [0.1, 0.15) is 13.3 Å². The third-order valence-electron chi connectivity index (χ3n) is 2.32. The van der Waals surface area contributed by atoms with Crippen molar-refractivity contribution >= 4 is 0 Å². The minimum absolute atomic E-state index is 0.812. The first-order valence-corrected chi connectivity index (χ1v) is 5.15. The summed E-state index contributed by atoms with van der Waals surface area (Å²) in [6.45, 7) is -0.112. The van der Waals surface area contributed by atoms with Crippen molar-refractivity contribution in [3.05, 3.63) is 0 Å². The van der Waals surface area contributed by atoms with E-state index in [-0.39, 0.29) is 0 Å². The first-order chi connectivity index (χ1) is 7.92. The van der Waals surface area contributed by atoms with Crippen molar-refractivity contribution in [1.82, 2.24) is 0 Å². The van der Waals surface area contributed by atoms with Crippen LogP contribution >= 0.6 is 0 Å². The van der Waals surface area contributed by atoms with Crippen molar-refractivity contribution in [2.45, 2.75) is 49.3 Å². The molecule has 0 bridgehead atoms.